The van der Waals surface area contributed by atoms with Crippen molar-refractivity contribution in [1.82, 2.24) is 10.2 Å². The number of ether oxygens (including phenoxy) is 2. The fraction of sp³-hybridized carbons (Fsp3) is 0.400. The zero-order valence-electron chi connectivity index (χ0n) is 12.2. The second-order valence-electron chi connectivity index (χ2n) is 5.02. The minimum absolute atomic E-state index is 0.101. The maximum Gasteiger partial charge on any atom is 0.322 e. The number of benzene rings is 1. The summed E-state index contributed by atoms with van der Waals surface area (Å²) in [6.07, 6.45) is 1.69. The van der Waals surface area contributed by atoms with E-state index in [-0.39, 0.29) is 11.9 Å². The number of carbonyl (C=O) groups is 1. The van der Waals surface area contributed by atoms with Crippen molar-refractivity contribution in [2.45, 2.75) is 25.4 Å². The summed E-state index contributed by atoms with van der Waals surface area (Å²) in [5, 5.41) is 10.3. The third-order valence-electron chi connectivity index (χ3n) is 3.43. The molecule has 2 heterocycles. The Labute approximate surface area is 127 Å². The Hall–Kier alpha value is -2.41. The van der Waals surface area contributed by atoms with Crippen molar-refractivity contribution in [3.05, 3.63) is 35.7 Å². The van der Waals surface area contributed by atoms with E-state index < -0.39 is 6.10 Å². The zero-order chi connectivity index (χ0) is 15.4. The summed E-state index contributed by atoms with van der Waals surface area (Å²) in [4.78, 5) is 11.9. The molecule has 2 aromatic rings. The molecule has 0 spiro atoms. The number of methoxy groups -OCH3 is 1. The molecule has 0 saturated carbocycles. The highest BCUT2D eigenvalue weighted by Crippen LogP contribution is 2.17. The largest absolute Gasteiger partial charge is 0.497 e. The van der Waals surface area contributed by atoms with Gasteiger partial charge in [-0.2, -0.15) is 0 Å². The highest BCUT2D eigenvalue weighted by Gasteiger charge is 2.24. The number of rotatable bonds is 5. The van der Waals surface area contributed by atoms with Crippen LogP contribution < -0.4 is 10.1 Å². The van der Waals surface area contributed by atoms with Crippen molar-refractivity contribution < 1.29 is 18.7 Å². The molecule has 1 saturated heterocycles. The standard InChI is InChI=1S/C15H17N3O4/c1-20-11-6-4-10(5-7-11)9-13-17-18-15(22-13)16-14(19)12-3-2-8-21-12/h4-7,12H,2-3,8-9H2,1H3,(H,16,18,19). The van der Waals surface area contributed by atoms with Crippen LogP contribution in [-0.4, -0.2) is 35.9 Å². The van der Waals surface area contributed by atoms with Crippen LogP contribution in [0.25, 0.3) is 0 Å². The van der Waals surface area contributed by atoms with E-state index in [0.717, 1.165) is 24.2 Å². The van der Waals surface area contributed by atoms with Gasteiger partial charge >= 0.3 is 6.01 Å². The number of amides is 1. The number of aromatic nitrogens is 2. The molecule has 1 aromatic carbocycles. The van der Waals surface area contributed by atoms with Crippen LogP contribution in [0, 0.1) is 0 Å². The minimum atomic E-state index is -0.420. The molecule has 1 N–H and O–H groups in total. The second-order valence-corrected chi connectivity index (χ2v) is 5.02. The van der Waals surface area contributed by atoms with Crippen molar-refractivity contribution in [2.24, 2.45) is 0 Å². The van der Waals surface area contributed by atoms with E-state index in [9.17, 15) is 4.79 Å². The van der Waals surface area contributed by atoms with E-state index in [1.165, 1.54) is 0 Å². The summed E-state index contributed by atoms with van der Waals surface area (Å²) in [7, 11) is 1.62. The average molecular weight is 303 g/mol. The van der Waals surface area contributed by atoms with Gasteiger partial charge in [-0.3, -0.25) is 10.1 Å². The lowest BCUT2D eigenvalue weighted by Gasteiger charge is -2.06. The van der Waals surface area contributed by atoms with Crippen LogP contribution in [-0.2, 0) is 16.0 Å². The monoisotopic (exact) mass is 303 g/mol. The maximum atomic E-state index is 11.9. The lowest BCUT2D eigenvalue weighted by atomic mass is 10.1. The van der Waals surface area contributed by atoms with Gasteiger partial charge in [0.25, 0.3) is 5.91 Å². The first-order chi connectivity index (χ1) is 10.7. The highest BCUT2D eigenvalue weighted by atomic mass is 16.5. The van der Waals surface area contributed by atoms with Crippen LogP contribution in [0.5, 0.6) is 5.75 Å². The number of nitrogens with zero attached hydrogens (tertiary/aromatic N) is 2. The Balaban J connectivity index is 1.59. The van der Waals surface area contributed by atoms with Crippen LogP contribution in [0.3, 0.4) is 0 Å². The first-order valence-electron chi connectivity index (χ1n) is 7.12. The molecule has 22 heavy (non-hydrogen) atoms. The summed E-state index contributed by atoms with van der Waals surface area (Å²) in [6, 6.07) is 7.68. The second kappa shape index (κ2) is 6.57. The number of hydrogen-bond acceptors (Lipinski definition) is 6. The van der Waals surface area contributed by atoms with E-state index in [1.54, 1.807) is 7.11 Å². The van der Waals surface area contributed by atoms with Crippen LogP contribution in [0.2, 0.25) is 0 Å². The summed E-state index contributed by atoms with van der Waals surface area (Å²) >= 11 is 0. The Bertz CT molecular complexity index is 632. The fourth-order valence-electron chi connectivity index (χ4n) is 2.26. The number of nitrogens with one attached hydrogen (secondary N) is 1. The normalized spacial score (nSPS) is 17.4. The van der Waals surface area contributed by atoms with Crippen molar-refractivity contribution in [1.29, 1.82) is 0 Å². The molecule has 7 heteroatoms. The van der Waals surface area contributed by atoms with E-state index in [1.807, 2.05) is 24.3 Å². The van der Waals surface area contributed by atoms with Crippen molar-refractivity contribution in [3.63, 3.8) is 0 Å². The van der Waals surface area contributed by atoms with Gasteiger partial charge in [0.1, 0.15) is 11.9 Å². The van der Waals surface area contributed by atoms with Crippen LogP contribution in [0.1, 0.15) is 24.3 Å². The molecule has 1 atom stereocenters. The average Bonchev–Trinajstić information content (AvgIpc) is 3.20. The Morgan fingerprint density at radius 2 is 2.18 bits per heavy atom. The van der Waals surface area contributed by atoms with E-state index in [4.69, 9.17) is 13.9 Å². The van der Waals surface area contributed by atoms with Gasteiger partial charge in [0.15, 0.2) is 0 Å². The van der Waals surface area contributed by atoms with Gasteiger partial charge in [0, 0.05) is 6.61 Å². The Morgan fingerprint density at radius 1 is 1.36 bits per heavy atom. The van der Waals surface area contributed by atoms with Gasteiger partial charge in [-0.25, -0.2) is 0 Å². The third kappa shape index (κ3) is 3.43. The zero-order valence-corrected chi connectivity index (χ0v) is 12.2. The highest BCUT2D eigenvalue weighted by molar-refractivity contribution is 5.92. The van der Waals surface area contributed by atoms with Crippen molar-refractivity contribution in [3.8, 4) is 5.75 Å². The molecule has 0 aliphatic carbocycles. The van der Waals surface area contributed by atoms with E-state index >= 15 is 0 Å². The fourth-order valence-corrected chi connectivity index (χ4v) is 2.26. The summed E-state index contributed by atoms with van der Waals surface area (Å²) in [6.45, 7) is 0.616. The molecule has 3 rings (SSSR count). The van der Waals surface area contributed by atoms with Gasteiger partial charge in [-0.05, 0) is 30.5 Å². The first kappa shape index (κ1) is 14.5. The van der Waals surface area contributed by atoms with Crippen LogP contribution in [0.15, 0.2) is 28.7 Å². The molecule has 7 nitrogen and oxygen atoms in total. The maximum absolute atomic E-state index is 11.9. The summed E-state index contributed by atoms with van der Waals surface area (Å²) in [5.74, 6) is 0.990. The van der Waals surface area contributed by atoms with Crippen LogP contribution >= 0.6 is 0 Å². The molecular weight excluding hydrogens is 286 g/mol. The number of hydrogen-bond donors (Lipinski definition) is 1. The quantitative estimate of drug-likeness (QED) is 0.906. The lowest BCUT2D eigenvalue weighted by Crippen LogP contribution is -2.26. The molecule has 1 unspecified atom stereocenters. The van der Waals surface area contributed by atoms with Gasteiger partial charge < -0.3 is 13.9 Å². The first-order valence-corrected chi connectivity index (χ1v) is 7.12. The Morgan fingerprint density at radius 3 is 2.86 bits per heavy atom. The van der Waals surface area contributed by atoms with E-state index in [2.05, 4.69) is 15.5 Å². The molecule has 1 aliphatic rings. The molecule has 1 fully saturated rings. The lowest BCUT2D eigenvalue weighted by molar-refractivity contribution is -0.124. The number of carbonyl (C=O) groups excluding carboxylic acids is 1. The molecule has 0 bridgehead atoms. The topological polar surface area (TPSA) is 86.5 Å². The summed E-state index contributed by atoms with van der Waals surface area (Å²) in [5.41, 5.74) is 1.02. The predicted molar refractivity (Wildman–Crippen MR) is 77.7 cm³/mol. The third-order valence-corrected chi connectivity index (χ3v) is 3.43. The number of anilines is 1. The molecule has 1 aromatic heterocycles. The SMILES string of the molecule is COc1ccc(Cc2nnc(NC(=O)C3CCCO3)o2)cc1. The van der Waals surface area contributed by atoms with Gasteiger partial charge in [-0.15, -0.1) is 5.10 Å². The van der Waals surface area contributed by atoms with Crippen molar-refractivity contribution in [2.75, 3.05) is 19.0 Å². The minimum Gasteiger partial charge on any atom is -0.497 e. The molecule has 0 radical (unpaired) electrons. The van der Waals surface area contributed by atoms with Crippen LogP contribution in [0.4, 0.5) is 6.01 Å². The molecular formula is C15H17N3O4. The van der Waals surface area contributed by atoms with Gasteiger partial charge in [0.2, 0.25) is 5.89 Å². The van der Waals surface area contributed by atoms with Gasteiger partial charge in [-0.1, -0.05) is 17.2 Å². The van der Waals surface area contributed by atoms with Gasteiger partial charge in [0.05, 0.1) is 13.5 Å². The Kier molecular flexibility index (Phi) is 4.34. The predicted octanol–water partition coefficient (Wildman–Crippen LogP) is 1.79. The summed E-state index contributed by atoms with van der Waals surface area (Å²) < 4.78 is 15.8. The molecule has 1 amide bonds. The molecule has 116 valence electrons. The molecule has 1 aliphatic heterocycles. The smallest absolute Gasteiger partial charge is 0.322 e. The van der Waals surface area contributed by atoms with E-state index in [0.29, 0.717) is 18.9 Å². The van der Waals surface area contributed by atoms with Crippen molar-refractivity contribution >= 4 is 11.9 Å².